The Balaban J connectivity index is 1.73. The molecule has 8 heteroatoms. The van der Waals surface area contributed by atoms with Gasteiger partial charge in [0.2, 0.25) is 0 Å². The molecule has 0 aliphatic carbocycles. The molecule has 0 atom stereocenters. The van der Waals surface area contributed by atoms with Gasteiger partial charge in [-0.1, -0.05) is 12.1 Å². The Hall–Kier alpha value is -3.29. The molecule has 0 aliphatic rings. The lowest BCUT2D eigenvalue weighted by atomic mass is 10.2. The van der Waals surface area contributed by atoms with Crippen LogP contribution >= 0.6 is 0 Å². The van der Waals surface area contributed by atoms with Gasteiger partial charge >= 0.3 is 0 Å². The number of anilines is 1. The molecule has 0 saturated heterocycles. The molecule has 0 radical (unpaired) electrons. The Bertz CT molecular complexity index is 1100. The predicted molar refractivity (Wildman–Crippen MR) is 90.8 cm³/mol. The summed E-state index contributed by atoms with van der Waals surface area (Å²) >= 11 is 0. The molecule has 0 saturated carbocycles. The molecule has 0 fully saturated rings. The molecule has 0 spiro atoms. The first kappa shape index (κ1) is 14.3. The topological polar surface area (TPSA) is 92.6 Å². The summed E-state index contributed by atoms with van der Waals surface area (Å²) in [6.07, 6.45) is 3.24. The van der Waals surface area contributed by atoms with E-state index >= 15 is 0 Å². The Morgan fingerprint density at radius 3 is 2.92 bits per heavy atom. The average molecular weight is 321 g/mol. The minimum absolute atomic E-state index is 0.141. The number of hydrogen-bond acceptors (Lipinski definition) is 6. The van der Waals surface area contributed by atoms with Gasteiger partial charge in [-0.25, -0.2) is 15.0 Å². The van der Waals surface area contributed by atoms with Crippen molar-refractivity contribution in [3.8, 4) is 0 Å². The highest BCUT2D eigenvalue weighted by molar-refractivity contribution is 5.86. The summed E-state index contributed by atoms with van der Waals surface area (Å²) in [5.41, 5.74) is 1.30. The van der Waals surface area contributed by atoms with Gasteiger partial charge in [-0.05, 0) is 12.1 Å². The van der Waals surface area contributed by atoms with Gasteiger partial charge in [-0.2, -0.15) is 5.10 Å². The zero-order valence-corrected chi connectivity index (χ0v) is 13.3. The first-order chi connectivity index (χ1) is 11.6. The first-order valence-corrected chi connectivity index (χ1v) is 7.45. The van der Waals surface area contributed by atoms with Crippen LogP contribution in [0.25, 0.3) is 21.9 Å². The highest BCUT2D eigenvalue weighted by atomic mass is 16.1. The van der Waals surface area contributed by atoms with Gasteiger partial charge in [0, 0.05) is 14.1 Å². The van der Waals surface area contributed by atoms with Crippen LogP contribution in [0.2, 0.25) is 0 Å². The van der Waals surface area contributed by atoms with E-state index in [0.717, 1.165) is 16.9 Å². The van der Waals surface area contributed by atoms with Gasteiger partial charge in [-0.3, -0.25) is 9.48 Å². The van der Waals surface area contributed by atoms with Crippen LogP contribution in [0.1, 0.15) is 5.82 Å². The van der Waals surface area contributed by atoms with E-state index in [1.165, 1.54) is 6.33 Å². The number of aromatic nitrogens is 6. The number of nitrogens with zero attached hydrogens (tertiary/aromatic N) is 6. The van der Waals surface area contributed by atoms with Crippen molar-refractivity contribution in [1.82, 2.24) is 29.7 Å². The molecule has 4 rings (SSSR count). The SMILES string of the molecule is CN(Cc1nc2ccccc2c(=O)[nH]1)c1ncnc2c1cnn2C. The lowest BCUT2D eigenvalue weighted by molar-refractivity contribution is 0.784. The second-order valence-electron chi connectivity index (χ2n) is 5.59. The van der Waals surface area contributed by atoms with Crippen molar-refractivity contribution in [3.05, 3.63) is 53.0 Å². The van der Waals surface area contributed by atoms with E-state index in [2.05, 4.69) is 25.0 Å². The Morgan fingerprint density at radius 1 is 1.21 bits per heavy atom. The van der Waals surface area contributed by atoms with Crippen molar-refractivity contribution < 1.29 is 0 Å². The molecular weight excluding hydrogens is 306 g/mol. The van der Waals surface area contributed by atoms with Gasteiger partial charge in [0.25, 0.3) is 5.56 Å². The third-order valence-electron chi connectivity index (χ3n) is 3.92. The highest BCUT2D eigenvalue weighted by Gasteiger charge is 2.13. The average Bonchev–Trinajstić information content (AvgIpc) is 2.96. The van der Waals surface area contributed by atoms with Crippen molar-refractivity contribution in [3.63, 3.8) is 0 Å². The zero-order valence-electron chi connectivity index (χ0n) is 13.3. The van der Waals surface area contributed by atoms with E-state index in [9.17, 15) is 4.79 Å². The van der Waals surface area contributed by atoms with E-state index in [1.807, 2.05) is 37.2 Å². The lowest BCUT2D eigenvalue weighted by Crippen LogP contribution is -2.22. The molecule has 0 bridgehead atoms. The maximum absolute atomic E-state index is 12.2. The molecule has 0 amide bonds. The number of aryl methyl sites for hydroxylation is 1. The number of rotatable bonds is 3. The molecule has 3 heterocycles. The van der Waals surface area contributed by atoms with Crippen molar-refractivity contribution in [1.29, 1.82) is 0 Å². The van der Waals surface area contributed by atoms with Crippen LogP contribution in [0.5, 0.6) is 0 Å². The van der Waals surface area contributed by atoms with Gasteiger partial charge in [0.05, 0.1) is 29.0 Å². The van der Waals surface area contributed by atoms with E-state index in [1.54, 1.807) is 16.9 Å². The van der Waals surface area contributed by atoms with Gasteiger partial charge in [0.15, 0.2) is 5.65 Å². The van der Waals surface area contributed by atoms with E-state index in [-0.39, 0.29) is 5.56 Å². The largest absolute Gasteiger partial charge is 0.351 e. The highest BCUT2D eigenvalue weighted by Crippen LogP contribution is 2.21. The summed E-state index contributed by atoms with van der Waals surface area (Å²) in [6, 6.07) is 7.29. The maximum atomic E-state index is 12.2. The second kappa shape index (κ2) is 5.41. The maximum Gasteiger partial charge on any atom is 0.258 e. The van der Waals surface area contributed by atoms with Gasteiger partial charge in [0.1, 0.15) is 18.0 Å². The number of hydrogen-bond donors (Lipinski definition) is 1. The molecule has 0 unspecified atom stereocenters. The zero-order chi connectivity index (χ0) is 16.7. The molecule has 0 aliphatic heterocycles. The standard InChI is InChI=1S/C16H15N7O/c1-22(14-11-7-19-23(2)15(11)18-9-17-14)8-13-20-12-6-4-3-5-10(12)16(24)21-13/h3-7,9H,8H2,1-2H3,(H,20,21,24). The Kier molecular flexibility index (Phi) is 3.23. The number of aromatic amines is 1. The summed E-state index contributed by atoms with van der Waals surface area (Å²) in [5, 5.41) is 5.65. The van der Waals surface area contributed by atoms with Crippen molar-refractivity contribution >= 4 is 27.8 Å². The molecule has 1 N–H and O–H groups in total. The second-order valence-corrected chi connectivity index (χ2v) is 5.59. The van der Waals surface area contributed by atoms with Crippen LogP contribution in [0.15, 0.2) is 41.6 Å². The van der Waals surface area contributed by atoms with Crippen LogP contribution in [-0.4, -0.2) is 36.8 Å². The quantitative estimate of drug-likeness (QED) is 0.610. The number of nitrogens with one attached hydrogen (secondary N) is 1. The minimum Gasteiger partial charge on any atom is -0.351 e. The molecule has 8 nitrogen and oxygen atoms in total. The van der Waals surface area contributed by atoms with Gasteiger partial charge in [-0.15, -0.1) is 0 Å². The fraction of sp³-hybridized carbons (Fsp3) is 0.188. The van der Waals surface area contributed by atoms with Crippen LogP contribution < -0.4 is 10.5 Å². The number of para-hydroxylation sites is 1. The normalized spacial score (nSPS) is 11.2. The third kappa shape index (κ3) is 2.28. The predicted octanol–water partition coefficient (Wildman–Crippen LogP) is 1.24. The molecule has 120 valence electrons. The number of fused-ring (bicyclic) bond motifs is 2. The third-order valence-corrected chi connectivity index (χ3v) is 3.92. The fourth-order valence-corrected chi connectivity index (χ4v) is 2.76. The minimum atomic E-state index is -0.141. The summed E-state index contributed by atoms with van der Waals surface area (Å²) in [5.74, 6) is 1.32. The van der Waals surface area contributed by atoms with Crippen molar-refractivity contribution in [2.75, 3.05) is 11.9 Å². The van der Waals surface area contributed by atoms with Crippen molar-refractivity contribution in [2.45, 2.75) is 6.54 Å². The first-order valence-electron chi connectivity index (χ1n) is 7.45. The molecular formula is C16H15N7O. The molecule has 4 aromatic rings. The lowest BCUT2D eigenvalue weighted by Gasteiger charge is -2.18. The Morgan fingerprint density at radius 2 is 2.04 bits per heavy atom. The molecule has 24 heavy (non-hydrogen) atoms. The Labute approximate surface area is 136 Å². The molecule has 1 aromatic carbocycles. The van der Waals surface area contributed by atoms with Crippen LogP contribution in [0.3, 0.4) is 0 Å². The number of H-pyrrole nitrogens is 1. The van der Waals surface area contributed by atoms with Crippen LogP contribution in [-0.2, 0) is 13.6 Å². The summed E-state index contributed by atoms with van der Waals surface area (Å²) in [7, 11) is 3.73. The van der Waals surface area contributed by atoms with Crippen LogP contribution in [0.4, 0.5) is 5.82 Å². The smallest absolute Gasteiger partial charge is 0.258 e. The monoisotopic (exact) mass is 321 g/mol. The van der Waals surface area contributed by atoms with Gasteiger partial charge < -0.3 is 9.88 Å². The van der Waals surface area contributed by atoms with E-state index < -0.39 is 0 Å². The molecule has 3 aromatic heterocycles. The number of benzene rings is 1. The van der Waals surface area contributed by atoms with Crippen LogP contribution in [0, 0.1) is 0 Å². The van der Waals surface area contributed by atoms with Crippen molar-refractivity contribution in [2.24, 2.45) is 7.05 Å². The summed E-state index contributed by atoms with van der Waals surface area (Å²) < 4.78 is 1.70. The summed E-state index contributed by atoms with van der Waals surface area (Å²) in [6.45, 7) is 0.418. The fourth-order valence-electron chi connectivity index (χ4n) is 2.76. The van der Waals surface area contributed by atoms with E-state index in [4.69, 9.17) is 0 Å². The van der Waals surface area contributed by atoms with E-state index in [0.29, 0.717) is 23.3 Å². The summed E-state index contributed by atoms with van der Waals surface area (Å²) in [4.78, 5) is 30.0.